The number of nitro groups is 1. The summed E-state index contributed by atoms with van der Waals surface area (Å²) in [7, 11) is -2.65. The molecule has 0 unspecified atom stereocenters. The van der Waals surface area contributed by atoms with Gasteiger partial charge in [0, 0.05) is 88.2 Å². The SMILES string of the molecule is C=C(CCC(F)F)C1=C(CN2CCN(c3ccc(C(=O)NS(=O)(=O)c4ccc(NC[C@@H]5CN(C)CCO5)c([N+](=O)[O-])c4)c(Oc4cnc5[nH]ccc5c4)c3)CC2)CCC(C)(C)C1. The zero-order chi connectivity index (χ0) is 44.2. The van der Waals surface area contributed by atoms with Crippen molar-refractivity contribution in [1.29, 1.82) is 0 Å². The summed E-state index contributed by atoms with van der Waals surface area (Å²) in [6.45, 7) is 14.3. The molecule has 0 saturated carbocycles. The second-order valence-electron chi connectivity index (χ2n) is 17.1. The molecule has 3 aliphatic rings. The molecule has 1 aliphatic carbocycles. The van der Waals surface area contributed by atoms with Crippen LogP contribution in [0.1, 0.15) is 56.3 Å². The van der Waals surface area contributed by atoms with Crippen LogP contribution in [-0.2, 0) is 14.8 Å². The van der Waals surface area contributed by atoms with Crippen molar-refractivity contribution in [3.63, 3.8) is 0 Å². The molecule has 18 heteroatoms. The molecule has 0 radical (unpaired) electrons. The second kappa shape index (κ2) is 18.9. The summed E-state index contributed by atoms with van der Waals surface area (Å²) in [5.74, 6) is -0.600. The summed E-state index contributed by atoms with van der Waals surface area (Å²) in [6.07, 6.45) is 3.47. The van der Waals surface area contributed by atoms with Crippen LogP contribution in [0.4, 0.5) is 25.8 Å². The van der Waals surface area contributed by atoms with Gasteiger partial charge >= 0.3 is 0 Å². The van der Waals surface area contributed by atoms with Gasteiger partial charge < -0.3 is 29.6 Å². The third-order valence-electron chi connectivity index (χ3n) is 11.8. The number of H-pyrrole nitrogens is 1. The lowest BCUT2D eigenvalue weighted by atomic mass is 9.72. The Morgan fingerprint density at radius 1 is 1.13 bits per heavy atom. The molecule has 1 atom stereocenters. The first-order chi connectivity index (χ1) is 29.5. The summed E-state index contributed by atoms with van der Waals surface area (Å²) in [5.41, 5.74) is 4.24. The fraction of sp³-hybridized carbons (Fsp3) is 0.455. The number of morpholine rings is 1. The molecule has 1 amide bonds. The Morgan fingerprint density at radius 2 is 1.92 bits per heavy atom. The standard InChI is InChI=1S/C44H54F2N8O7S/c1-29(5-10-41(45)46)37-24-44(2,3)13-11-31(37)27-52-15-17-53(18-16-52)32-6-8-36(40(22-32)61-33-21-30-12-14-47-42(30)49-25-33)43(55)50-62(58,59)35-7-9-38(39(23-35)54(56)57)48-26-34-28-51(4)19-20-60-34/h6-9,12,14,21-23,25,34,41,48H,1,5,10-11,13,15-20,24,26-28H2,2-4H3,(H,47,49)(H,50,55)/t34-/m1/s1. The number of amides is 1. The molecule has 7 rings (SSSR count). The van der Waals surface area contributed by atoms with Gasteiger partial charge in [-0.1, -0.05) is 31.6 Å². The highest BCUT2D eigenvalue weighted by atomic mass is 32.2. The van der Waals surface area contributed by atoms with E-state index in [0.29, 0.717) is 37.6 Å². The highest BCUT2D eigenvalue weighted by Crippen LogP contribution is 2.42. The molecule has 2 aromatic carbocycles. The molecule has 0 bridgehead atoms. The third kappa shape index (κ3) is 11.0. The molecule has 15 nitrogen and oxygen atoms in total. The number of piperazine rings is 1. The minimum absolute atomic E-state index is 0.0773. The molecule has 4 aromatic rings. The van der Waals surface area contributed by atoms with Crippen LogP contribution in [0.2, 0.25) is 0 Å². The first-order valence-corrected chi connectivity index (χ1v) is 22.3. The number of rotatable bonds is 16. The Kier molecular flexibility index (Phi) is 13.6. The molecule has 2 aliphatic heterocycles. The Bertz CT molecular complexity index is 2450. The number of hydrogen-bond acceptors (Lipinski definition) is 12. The first kappa shape index (κ1) is 44.6. The molecule has 0 spiro atoms. The lowest BCUT2D eigenvalue weighted by molar-refractivity contribution is -0.384. The number of likely N-dealkylation sites (N-methyl/N-ethyl adjacent to an activating group) is 1. The van der Waals surface area contributed by atoms with Crippen LogP contribution in [0.3, 0.4) is 0 Å². The minimum atomic E-state index is -4.60. The summed E-state index contributed by atoms with van der Waals surface area (Å²) in [5, 5.41) is 15.9. The predicted molar refractivity (Wildman–Crippen MR) is 234 cm³/mol. The number of anilines is 2. The van der Waals surface area contributed by atoms with Crippen LogP contribution in [-0.4, -0.2) is 118 Å². The van der Waals surface area contributed by atoms with Crippen molar-refractivity contribution in [3.8, 4) is 11.5 Å². The van der Waals surface area contributed by atoms with Crippen molar-refractivity contribution in [2.75, 3.05) is 76.2 Å². The van der Waals surface area contributed by atoms with Crippen LogP contribution < -0.4 is 19.7 Å². The fourth-order valence-corrected chi connectivity index (χ4v) is 9.25. The van der Waals surface area contributed by atoms with Crippen molar-refractivity contribution < 1.29 is 36.4 Å². The summed E-state index contributed by atoms with van der Waals surface area (Å²) >= 11 is 0. The van der Waals surface area contributed by atoms with E-state index in [0.717, 1.165) is 73.7 Å². The number of hydrogen-bond donors (Lipinski definition) is 3. The quantitative estimate of drug-likeness (QED) is 0.0755. The number of sulfonamides is 1. The Hall–Kier alpha value is -5.43. The number of aromatic nitrogens is 2. The van der Waals surface area contributed by atoms with Crippen molar-refractivity contribution >= 4 is 44.0 Å². The number of pyridine rings is 1. The van der Waals surface area contributed by atoms with Crippen molar-refractivity contribution in [2.24, 2.45) is 5.41 Å². The van der Waals surface area contributed by atoms with Crippen LogP contribution in [0.25, 0.3) is 11.0 Å². The van der Waals surface area contributed by atoms with Gasteiger partial charge in [0.1, 0.15) is 22.8 Å². The maximum Gasteiger partial charge on any atom is 0.293 e. The number of halogens is 2. The minimum Gasteiger partial charge on any atom is -0.455 e. The van der Waals surface area contributed by atoms with Gasteiger partial charge in [-0.3, -0.25) is 19.8 Å². The third-order valence-corrected chi connectivity index (χ3v) is 13.1. The van der Waals surface area contributed by atoms with E-state index in [1.165, 1.54) is 30.0 Å². The number of carbonyl (C=O) groups is 1. The van der Waals surface area contributed by atoms with Gasteiger partial charge in [0.25, 0.3) is 21.6 Å². The molecule has 2 saturated heterocycles. The lowest BCUT2D eigenvalue weighted by Gasteiger charge is -2.39. The maximum absolute atomic E-state index is 13.9. The Balaban J connectivity index is 1.08. The lowest BCUT2D eigenvalue weighted by Crippen LogP contribution is -2.47. The van der Waals surface area contributed by atoms with Gasteiger partial charge in [0.2, 0.25) is 6.43 Å². The van der Waals surface area contributed by atoms with E-state index < -0.39 is 37.9 Å². The number of nitrogens with one attached hydrogen (secondary N) is 3. The van der Waals surface area contributed by atoms with Crippen LogP contribution in [0, 0.1) is 15.5 Å². The number of fused-ring (bicyclic) bond motifs is 1. The van der Waals surface area contributed by atoms with E-state index >= 15 is 0 Å². The van der Waals surface area contributed by atoms with E-state index in [4.69, 9.17) is 9.47 Å². The molecule has 62 heavy (non-hydrogen) atoms. The van der Waals surface area contributed by atoms with Gasteiger partial charge in [-0.25, -0.2) is 26.9 Å². The monoisotopic (exact) mass is 876 g/mol. The molecule has 2 fully saturated rings. The predicted octanol–water partition coefficient (Wildman–Crippen LogP) is 7.35. The highest BCUT2D eigenvalue weighted by molar-refractivity contribution is 7.90. The number of aromatic amines is 1. The smallest absolute Gasteiger partial charge is 0.293 e. The summed E-state index contributed by atoms with van der Waals surface area (Å²) in [6, 6.07) is 11.9. The Morgan fingerprint density at radius 3 is 2.66 bits per heavy atom. The highest BCUT2D eigenvalue weighted by Gasteiger charge is 2.31. The van der Waals surface area contributed by atoms with Gasteiger partial charge in [-0.15, -0.1) is 0 Å². The number of benzene rings is 2. The van der Waals surface area contributed by atoms with Crippen molar-refractivity contribution in [3.05, 3.63) is 99.9 Å². The van der Waals surface area contributed by atoms with Gasteiger partial charge in [-0.2, -0.15) is 0 Å². The average Bonchev–Trinajstić information content (AvgIpc) is 3.71. The zero-order valence-corrected chi connectivity index (χ0v) is 36.1. The number of ether oxygens (including phenoxy) is 2. The molecule has 3 N–H and O–H groups in total. The van der Waals surface area contributed by atoms with Crippen molar-refractivity contribution in [1.82, 2.24) is 24.5 Å². The normalized spacial score (nSPS) is 18.9. The maximum atomic E-state index is 13.9. The average molecular weight is 877 g/mol. The molecule has 2 aromatic heterocycles. The molecular formula is C44H54F2N8O7S. The van der Waals surface area contributed by atoms with E-state index in [-0.39, 0.29) is 47.9 Å². The van der Waals surface area contributed by atoms with E-state index in [9.17, 15) is 32.1 Å². The number of nitrogens with zero attached hydrogens (tertiary/aromatic N) is 5. The largest absolute Gasteiger partial charge is 0.455 e. The second-order valence-corrected chi connectivity index (χ2v) is 18.8. The van der Waals surface area contributed by atoms with E-state index in [1.54, 1.807) is 24.4 Å². The number of allylic oxidation sites excluding steroid dienone is 2. The molecule has 4 heterocycles. The van der Waals surface area contributed by atoms with E-state index in [2.05, 4.69) is 55.1 Å². The number of alkyl halides is 2. The van der Waals surface area contributed by atoms with E-state index in [1.807, 2.05) is 13.1 Å². The van der Waals surface area contributed by atoms with Gasteiger partial charge in [0.15, 0.2) is 0 Å². The Labute approximate surface area is 360 Å². The van der Waals surface area contributed by atoms with Crippen molar-refractivity contribution in [2.45, 2.75) is 63.4 Å². The van der Waals surface area contributed by atoms with Crippen LogP contribution >= 0.6 is 0 Å². The van der Waals surface area contributed by atoms with Crippen LogP contribution in [0.15, 0.2) is 89.1 Å². The van der Waals surface area contributed by atoms with Crippen LogP contribution in [0.5, 0.6) is 11.5 Å². The van der Waals surface area contributed by atoms with Gasteiger partial charge in [-0.05, 0) is 80.1 Å². The van der Waals surface area contributed by atoms with Gasteiger partial charge in [0.05, 0.1) is 34.3 Å². The number of carbonyl (C=O) groups excluding carboxylic acids is 1. The first-order valence-electron chi connectivity index (χ1n) is 20.8. The zero-order valence-electron chi connectivity index (χ0n) is 35.3. The molecular weight excluding hydrogens is 823 g/mol. The molecule has 332 valence electrons. The topological polar surface area (TPSA) is 175 Å². The summed E-state index contributed by atoms with van der Waals surface area (Å²) in [4.78, 5) is 38.9. The summed E-state index contributed by atoms with van der Waals surface area (Å²) < 4.78 is 67.6. The fourth-order valence-electron chi connectivity index (χ4n) is 8.26. The number of nitro benzene ring substituents is 1.